The molecule has 8 heteroatoms. The van der Waals surface area contributed by atoms with Crippen molar-refractivity contribution in [3.05, 3.63) is 11.1 Å². The van der Waals surface area contributed by atoms with E-state index in [9.17, 15) is 4.79 Å². The fourth-order valence-electron chi connectivity index (χ4n) is 3.06. The summed E-state index contributed by atoms with van der Waals surface area (Å²) in [5.74, 6) is 0.807. The Bertz CT molecular complexity index is 509. The summed E-state index contributed by atoms with van der Waals surface area (Å²) in [4.78, 5) is 20.7. The molecule has 116 valence electrons. The maximum absolute atomic E-state index is 12.3. The average molecular weight is 314 g/mol. The SMILES string of the molecule is C[C@H]1COC[C@H]2CN(C(=O)CCc3nc(Cl)n[nH]3)CCN21. The number of aryl methyl sites for hydroxylation is 1. The van der Waals surface area contributed by atoms with Gasteiger partial charge in [-0.05, 0) is 18.5 Å². The summed E-state index contributed by atoms with van der Waals surface area (Å²) in [7, 11) is 0. The summed E-state index contributed by atoms with van der Waals surface area (Å²) in [6.07, 6.45) is 0.963. The lowest BCUT2D eigenvalue weighted by Crippen LogP contribution is -2.62. The molecule has 2 fully saturated rings. The minimum atomic E-state index is 0.153. The molecule has 1 amide bonds. The molecule has 0 radical (unpaired) electrons. The lowest BCUT2D eigenvalue weighted by atomic mass is 10.1. The van der Waals surface area contributed by atoms with Crippen molar-refractivity contribution in [2.45, 2.75) is 31.8 Å². The zero-order valence-electron chi connectivity index (χ0n) is 12.1. The summed E-state index contributed by atoms with van der Waals surface area (Å²) < 4.78 is 5.59. The number of rotatable bonds is 3. The highest BCUT2D eigenvalue weighted by Crippen LogP contribution is 2.19. The van der Waals surface area contributed by atoms with Gasteiger partial charge in [0.1, 0.15) is 5.82 Å². The van der Waals surface area contributed by atoms with Crippen molar-refractivity contribution in [1.82, 2.24) is 25.0 Å². The predicted molar refractivity (Wildman–Crippen MR) is 77.1 cm³/mol. The van der Waals surface area contributed by atoms with Crippen molar-refractivity contribution >= 4 is 17.5 Å². The first kappa shape index (κ1) is 14.7. The minimum Gasteiger partial charge on any atom is -0.378 e. The number of carbonyl (C=O) groups is 1. The second-order valence-electron chi connectivity index (χ2n) is 5.67. The molecular formula is C13H20ClN5O2. The zero-order valence-corrected chi connectivity index (χ0v) is 12.8. The van der Waals surface area contributed by atoms with E-state index in [2.05, 4.69) is 27.0 Å². The summed E-state index contributed by atoms with van der Waals surface area (Å²) >= 11 is 5.65. The second-order valence-corrected chi connectivity index (χ2v) is 6.01. The van der Waals surface area contributed by atoms with Crippen LogP contribution in [-0.2, 0) is 16.0 Å². The van der Waals surface area contributed by atoms with Crippen LogP contribution >= 0.6 is 11.6 Å². The van der Waals surface area contributed by atoms with Gasteiger partial charge in [0.05, 0.1) is 19.3 Å². The van der Waals surface area contributed by atoms with E-state index in [1.807, 2.05) is 4.90 Å². The molecule has 0 bridgehead atoms. The first-order chi connectivity index (χ1) is 10.1. The number of nitrogens with one attached hydrogen (secondary N) is 1. The third-order valence-corrected chi connectivity index (χ3v) is 4.37. The number of amides is 1. The Hall–Kier alpha value is -1.18. The van der Waals surface area contributed by atoms with Gasteiger partial charge in [0.25, 0.3) is 0 Å². The number of fused-ring (bicyclic) bond motifs is 1. The number of morpholine rings is 1. The van der Waals surface area contributed by atoms with Gasteiger partial charge >= 0.3 is 0 Å². The summed E-state index contributed by atoms with van der Waals surface area (Å²) in [5, 5.41) is 6.67. The molecule has 0 aliphatic carbocycles. The van der Waals surface area contributed by atoms with Crippen LogP contribution in [0.3, 0.4) is 0 Å². The van der Waals surface area contributed by atoms with Gasteiger partial charge in [-0.2, -0.15) is 0 Å². The number of hydrogen-bond acceptors (Lipinski definition) is 5. The number of ether oxygens (including phenoxy) is 1. The molecule has 0 unspecified atom stereocenters. The van der Waals surface area contributed by atoms with Crippen LogP contribution in [0, 0.1) is 0 Å². The number of hydrogen-bond donors (Lipinski definition) is 1. The Morgan fingerprint density at radius 3 is 3.10 bits per heavy atom. The number of aromatic nitrogens is 3. The third kappa shape index (κ3) is 3.36. The van der Waals surface area contributed by atoms with E-state index < -0.39 is 0 Å². The smallest absolute Gasteiger partial charge is 0.242 e. The Morgan fingerprint density at radius 1 is 1.48 bits per heavy atom. The van der Waals surface area contributed by atoms with Crippen LogP contribution in [0.2, 0.25) is 5.28 Å². The first-order valence-corrected chi connectivity index (χ1v) is 7.69. The van der Waals surface area contributed by atoms with E-state index in [0.717, 1.165) is 26.2 Å². The highest BCUT2D eigenvalue weighted by Gasteiger charge is 2.34. The van der Waals surface area contributed by atoms with Gasteiger partial charge in [0, 0.05) is 38.5 Å². The summed E-state index contributed by atoms with van der Waals surface area (Å²) in [6, 6.07) is 0.767. The molecular weight excluding hydrogens is 294 g/mol. The van der Waals surface area contributed by atoms with Crippen LogP contribution in [0.15, 0.2) is 0 Å². The molecule has 2 saturated heterocycles. The lowest BCUT2D eigenvalue weighted by Gasteiger charge is -2.47. The third-order valence-electron chi connectivity index (χ3n) is 4.20. The Morgan fingerprint density at radius 2 is 2.33 bits per heavy atom. The quantitative estimate of drug-likeness (QED) is 0.870. The van der Waals surface area contributed by atoms with Crippen LogP contribution in [-0.4, -0.2) is 75.8 Å². The van der Waals surface area contributed by atoms with E-state index in [1.165, 1.54) is 0 Å². The van der Waals surface area contributed by atoms with Crippen molar-refractivity contribution in [2.75, 3.05) is 32.8 Å². The lowest BCUT2D eigenvalue weighted by molar-refractivity contribution is -0.139. The Balaban J connectivity index is 1.51. The number of carbonyl (C=O) groups excluding carboxylic acids is 1. The standard InChI is InChI=1S/C13H20ClN5O2/c1-9-7-21-8-10-6-18(4-5-19(9)10)12(20)3-2-11-15-13(14)17-16-11/h9-10H,2-8H2,1H3,(H,15,16,17)/t9-,10+/m0/s1. The van der Waals surface area contributed by atoms with Gasteiger partial charge in [0.15, 0.2) is 0 Å². The topological polar surface area (TPSA) is 74.3 Å². The van der Waals surface area contributed by atoms with Gasteiger partial charge in [0.2, 0.25) is 11.2 Å². The van der Waals surface area contributed by atoms with Crippen LogP contribution in [0.1, 0.15) is 19.2 Å². The van der Waals surface area contributed by atoms with Crippen molar-refractivity contribution in [1.29, 1.82) is 0 Å². The molecule has 21 heavy (non-hydrogen) atoms. The van der Waals surface area contributed by atoms with Gasteiger partial charge in [-0.15, -0.1) is 5.10 Å². The molecule has 0 spiro atoms. The maximum Gasteiger partial charge on any atom is 0.242 e. The number of H-pyrrole nitrogens is 1. The van der Waals surface area contributed by atoms with Gasteiger partial charge < -0.3 is 9.64 Å². The van der Waals surface area contributed by atoms with Crippen molar-refractivity contribution < 1.29 is 9.53 Å². The van der Waals surface area contributed by atoms with Crippen molar-refractivity contribution in [3.8, 4) is 0 Å². The minimum absolute atomic E-state index is 0.153. The highest BCUT2D eigenvalue weighted by atomic mass is 35.5. The molecule has 2 atom stereocenters. The molecule has 1 aromatic rings. The number of nitrogens with zero attached hydrogens (tertiary/aromatic N) is 4. The molecule has 0 saturated carbocycles. The van der Waals surface area contributed by atoms with Crippen LogP contribution in [0.4, 0.5) is 0 Å². The largest absolute Gasteiger partial charge is 0.378 e. The van der Waals surface area contributed by atoms with Gasteiger partial charge in [-0.3, -0.25) is 14.8 Å². The predicted octanol–water partition coefficient (Wildman–Crippen LogP) is 0.322. The van der Waals surface area contributed by atoms with Crippen molar-refractivity contribution in [3.63, 3.8) is 0 Å². The number of piperazine rings is 1. The normalized spacial score (nSPS) is 26.7. The van der Waals surface area contributed by atoms with E-state index in [-0.39, 0.29) is 11.2 Å². The Kier molecular flexibility index (Phi) is 4.42. The number of aromatic amines is 1. The average Bonchev–Trinajstić information content (AvgIpc) is 2.90. The molecule has 2 aliphatic rings. The molecule has 1 N–H and O–H groups in total. The molecule has 1 aromatic heterocycles. The van der Waals surface area contributed by atoms with E-state index >= 15 is 0 Å². The zero-order chi connectivity index (χ0) is 14.8. The van der Waals surface area contributed by atoms with E-state index in [1.54, 1.807) is 0 Å². The molecule has 2 aliphatic heterocycles. The molecule has 3 heterocycles. The van der Waals surface area contributed by atoms with Gasteiger partial charge in [-0.1, -0.05) is 0 Å². The molecule has 3 rings (SSSR count). The van der Waals surface area contributed by atoms with Crippen LogP contribution in [0.5, 0.6) is 0 Å². The molecule has 7 nitrogen and oxygen atoms in total. The Labute approximate surface area is 128 Å². The fraction of sp³-hybridized carbons (Fsp3) is 0.769. The number of halogens is 1. The van der Waals surface area contributed by atoms with Crippen LogP contribution < -0.4 is 0 Å². The van der Waals surface area contributed by atoms with Crippen LogP contribution in [0.25, 0.3) is 0 Å². The summed E-state index contributed by atoms with van der Waals surface area (Å²) in [6.45, 7) is 6.14. The van der Waals surface area contributed by atoms with E-state index in [4.69, 9.17) is 16.3 Å². The monoisotopic (exact) mass is 313 g/mol. The molecule has 0 aromatic carbocycles. The summed E-state index contributed by atoms with van der Waals surface area (Å²) in [5.41, 5.74) is 0. The first-order valence-electron chi connectivity index (χ1n) is 7.31. The second kappa shape index (κ2) is 6.29. The maximum atomic E-state index is 12.3. The van der Waals surface area contributed by atoms with Crippen molar-refractivity contribution in [2.24, 2.45) is 0 Å². The fourth-order valence-corrected chi connectivity index (χ4v) is 3.21. The van der Waals surface area contributed by atoms with E-state index in [0.29, 0.717) is 37.4 Å². The highest BCUT2D eigenvalue weighted by molar-refractivity contribution is 6.28. The van der Waals surface area contributed by atoms with Gasteiger partial charge in [-0.25, -0.2) is 4.98 Å².